The first kappa shape index (κ1) is 30.6. The highest BCUT2D eigenvalue weighted by molar-refractivity contribution is 5.92. The number of methoxy groups -OCH3 is 1. The lowest BCUT2D eigenvalue weighted by Crippen LogP contribution is -2.55. The van der Waals surface area contributed by atoms with Crippen molar-refractivity contribution in [2.75, 3.05) is 20.2 Å². The second-order valence-corrected chi connectivity index (χ2v) is 11.3. The maximum absolute atomic E-state index is 13.4. The number of allylic oxidation sites excluding steroid dienone is 3. The number of ether oxygens (including phenoxy) is 1. The van der Waals surface area contributed by atoms with Gasteiger partial charge in [0, 0.05) is 49.0 Å². The number of likely N-dealkylation sites (tertiary alicyclic amines) is 1. The molecule has 1 saturated heterocycles. The summed E-state index contributed by atoms with van der Waals surface area (Å²) in [4.78, 5) is 53.5. The molecule has 4 rings (SSSR count). The van der Waals surface area contributed by atoms with Crippen molar-refractivity contribution in [1.29, 1.82) is 0 Å². The normalized spacial score (nSPS) is 19.9. The van der Waals surface area contributed by atoms with Crippen LogP contribution in [-0.4, -0.2) is 59.3 Å². The van der Waals surface area contributed by atoms with Gasteiger partial charge in [0.25, 0.3) is 5.69 Å². The first-order chi connectivity index (χ1) is 20.0. The molecule has 0 aliphatic carbocycles. The second kappa shape index (κ2) is 12.7. The van der Waals surface area contributed by atoms with Gasteiger partial charge in [-0.25, -0.2) is 4.79 Å². The average molecular weight is 575 g/mol. The number of amides is 1. The molecule has 1 fully saturated rings. The van der Waals surface area contributed by atoms with Crippen molar-refractivity contribution in [3.8, 4) is 0 Å². The third-order valence-electron chi connectivity index (χ3n) is 8.57. The van der Waals surface area contributed by atoms with Crippen LogP contribution in [0.5, 0.6) is 0 Å². The molecule has 2 heterocycles. The van der Waals surface area contributed by atoms with E-state index in [4.69, 9.17) is 10.5 Å². The van der Waals surface area contributed by atoms with E-state index in [-0.39, 0.29) is 23.6 Å². The molecule has 2 aromatic carbocycles. The van der Waals surface area contributed by atoms with E-state index in [0.717, 1.165) is 19.1 Å². The summed E-state index contributed by atoms with van der Waals surface area (Å²) in [5, 5.41) is 11.4. The van der Waals surface area contributed by atoms with E-state index in [1.807, 2.05) is 18.2 Å². The fourth-order valence-electron chi connectivity index (χ4n) is 6.07. The van der Waals surface area contributed by atoms with Gasteiger partial charge in [-0.05, 0) is 50.7 Å². The van der Waals surface area contributed by atoms with Gasteiger partial charge in [0.05, 0.1) is 29.2 Å². The number of hydrogen-bond donors (Lipinski definition) is 1. The highest BCUT2D eigenvalue weighted by Crippen LogP contribution is 2.41. The second-order valence-electron chi connectivity index (χ2n) is 11.3. The molecule has 2 aliphatic heterocycles. The van der Waals surface area contributed by atoms with Crippen molar-refractivity contribution >= 4 is 23.9 Å². The number of carbonyl (C=O) groups is 3. The average Bonchev–Trinajstić information content (AvgIpc) is 3.00. The number of aldehydes is 1. The van der Waals surface area contributed by atoms with Crippen LogP contribution >= 0.6 is 0 Å². The predicted octanol–water partition coefficient (Wildman–Crippen LogP) is 4.63. The minimum absolute atomic E-state index is 0.0907. The van der Waals surface area contributed by atoms with Crippen LogP contribution in [0, 0.1) is 15.5 Å². The van der Waals surface area contributed by atoms with Crippen LogP contribution in [-0.2, 0) is 19.1 Å². The SMILES string of the molecule is COC(=O)C1=C(C)N(C(N)C(C)(C=O)CC(=O)N2CCC(c3ccccc3)CC2)C(C)=CC1c1cccc([N+](=O)[O-])c1. The highest BCUT2D eigenvalue weighted by Gasteiger charge is 2.43. The molecule has 2 aromatic rings. The van der Waals surface area contributed by atoms with Crippen molar-refractivity contribution in [2.24, 2.45) is 11.1 Å². The maximum Gasteiger partial charge on any atom is 0.336 e. The number of nitrogens with zero attached hydrogens (tertiary/aromatic N) is 3. The molecular weight excluding hydrogens is 536 g/mol. The number of esters is 1. The van der Waals surface area contributed by atoms with Crippen LogP contribution in [0.3, 0.4) is 0 Å². The van der Waals surface area contributed by atoms with E-state index in [1.54, 1.807) is 48.8 Å². The molecule has 42 heavy (non-hydrogen) atoms. The molecular formula is C32H38N4O6. The topological polar surface area (TPSA) is 136 Å². The Balaban J connectivity index is 1.57. The van der Waals surface area contributed by atoms with E-state index in [1.165, 1.54) is 24.8 Å². The van der Waals surface area contributed by atoms with Gasteiger partial charge in [0.1, 0.15) is 6.29 Å². The Labute approximate surface area is 246 Å². The number of nitro benzene ring substituents is 1. The monoisotopic (exact) mass is 574 g/mol. The van der Waals surface area contributed by atoms with E-state index in [0.29, 0.717) is 36.0 Å². The first-order valence-electron chi connectivity index (χ1n) is 14.1. The van der Waals surface area contributed by atoms with Gasteiger partial charge in [-0.15, -0.1) is 0 Å². The van der Waals surface area contributed by atoms with Crippen LogP contribution in [0.1, 0.15) is 63.0 Å². The largest absolute Gasteiger partial charge is 0.466 e. The molecule has 0 saturated carbocycles. The van der Waals surface area contributed by atoms with Gasteiger partial charge < -0.3 is 25.1 Å². The summed E-state index contributed by atoms with van der Waals surface area (Å²) in [5.74, 6) is -1.000. The maximum atomic E-state index is 13.4. The number of hydrogen-bond acceptors (Lipinski definition) is 8. The van der Waals surface area contributed by atoms with E-state index < -0.39 is 28.4 Å². The number of rotatable bonds is 9. The number of nitrogens with two attached hydrogens (primary N) is 1. The van der Waals surface area contributed by atoms with Crippen LogP contribution in [0.15, 0.2) is 77.6 Å². The number of carbonyl (C=O) groups excluding carboxylic acids is 3. The smallest absolute Gasteiger partial charge is 0.336 e. The fourth-order valence-corrected chi connectivity index (χ4v) is 6.07. The molecule has 0 bridgehead atoms. The summed E-state index contributed by atoms with van der Waals surface area (Å²) in [6.07, 6.45) is 3.12. The Kier molecular flexibility index (Phi) is 9.26. The number of non-ortho nitro benzene ring substituents is 1. The van der Waals surface area contributed by atoms with Gasteiger partial charge in [-0.2, -0.15) is 0 Å². The predicted molar refractivity (Wildman–Crippen MR) is 158 cm³/mol. The Morgan fingerprint density at radius 3 is 2.36 bits per heavy atom. The van der Waals surface area contributed by atoms with Gasteiger partial charge in [-0.3, -0.25) is 14.9 Å². The van der Waals surface area contributed by atoms with Gasteiger partial charge in [-0.1, -0.05) is 48.5 Å². The Morgan fingerprint density at radius 2 is 1.76 bits per heavy atom. The minimum Gasteiger partial charge on any atom is -0.466 e. The van der Waals surface area contributed by atoms with Crippen molar-refractivity contribution in [3.63, 3.8) is 0 Å². The van der Waals surface area contributed by atoms with Crippen LogP contribution in [0.25, 0.3) is 0 Å². The summed E-state index contributed by atoms with van der Waals surface area (Å²) in [7, 11) is 1.26. The van der Waals surface area contributed by atoms with Crippen LogP contribution in [0.2, 0.25) is 0 Å². The van der Waals surface area contributed by atoms with Gasteiger partial charge in [0.15, 0.2) is 0 Å². The summed E-state index contributed by atoms with van der Waals surface area (Å²) in [6.45, 7) is 6.35. The molecule has 3 unspecified atom stereocenters. The fraction of sp³-hybridized carbons (Fsp3) is 0.406. The van der Waals surface area contributed by atoms with E-state index in [2.05, 4.69) is 12.1 Å². The highest BCUT2D eigenvalue weighted by atomic mass is 16.6. The van der Waals surface area contributed by atoms with Crippen molar-refractivity contribution in [3.05, 3.63) is 98.9 Å². The lowest BCUT2D eigenvalue weighted by atomic mass is 9.80. The standard InChI is InChI=1S/C32H38N4O6/c1-21-17-27(25-11-8-12-26(18-25)36(40)41)29(30(39)42-4)22(2)35(21)31(33)32(3,20-37)19-28(38)34-15-13-24(14-16-34)23-9-6-5-7-10-23/h5-12,17-18,20,24,27,31H,13-16,19,33H2,1-4H3. The van der Waals surface area contributed by atoms with Crippen LogP contribution in [0.4, 0.5) is 5.69 Å². The number of nitro groups is 1. The van der Waals surface area contributed by atoms with Gasteiger partial charge in [0.2, 0.25) is 5.91 Å². The third-order valence-corrected chi connectivity index (χ3v) is 8.57. The summed E-state index contributed by atoms with van der Waals surface area (Å²) in [5.41, 5.74) is 8.55. The molecule has 0 spiro atoms. The Bertz CT molecular complexity index is 1410. The molecule has 0 radical (unpaired) electrons. The summed E-state index contributed by atoms with van der Waals surface area (Å²) < 4.78 is 5.09. The van der Waals surface area contributed by atoms with Gasteiger partial charge >= 0.3 is 5.97 Å². The molecule has 10 nitrogen and oxygen atoms in total. The van der Waals surface area contributed by atoms with Crippen molar-refractivity contribution in [2.45, 2.75) is 58.0 Å². The van der Waals surface area contributed by atoms with E-state index >= 15 is 0 Å². The number of benzene rings is 2. The Hall–Kier alpha value is -4.31. The molecule has 222 valence electrons. The molecule has 0 aromatic heterocycles. The lowest BCUT2D eigenvalue weighted by Gasteiger charge is -2.44. The van der Waals surface area contributed by atoms with E-state index in [9.17, 15) is 24.5 Å². The number of piperidine rings is 1. The molecule has 1 amide bonds. The summed E-state index contributed by atoms with van der Waals surface area (Å²) >= 11 is 0. The third kappa shape index (κ3) is 6.13. The molecule has 2 aliphatic rings. The Morgan fingerprint density at radius 1 is 1.12 bits per heavy atom. The molecule has 2 N–H and O–H groups in total. The van der Waals surface area contributed by atoms with Crippen LogP contribution < -0.4 is 5.73 Å². The van der Waals surface area contributed by atoms with Crippen molar-refractivity contribution < 1.29 is 24.0 Å². The zero-order valence-electron chi connectivity index (χ0n) is 24.5. The lowest BCUT2D eigenvalue weighted by molar-refractivity contribution is -0.384. The zero-order valence-corrected chi connectivity index (χ0v) is 24.5. The minimum atomic E-state index is -1.27. The summed E-state index contributed by atoms with van der Waals surface area (Å²) in [6, 6.07) is 16.3. The zero-order chi connectivity index (χ0) is 30.6. The first-order valence-corrected chi connectivity index (χ1v) is 14.1. The molecule has 3 atom stereocenters. The molecule has 10 heteroatoms. The van der Waals surface area contributed by atoms with Crippen molar-refractivity contribution in [1.82, 2.24) is 9.80 Å². The quantitative estimate of drug-likeness (QED) is 0.198.